The van der Waals surface area contributed by atoms with Gasteiger partial charge in [-0.05, 0) is 30.2 Å². The Morgan fingerprint density at radius 3 is 2.74 bits per heavy atom. The van der Waals surface area contributed by atoms with Crippen LogP contribution in [-0.4, -0.2) is 23.5 Å². The first-order chi connectivity index (χ1) is 9.04. The van der Waals surface area contributed by atoms with Crippen molar-refractivity contribution in [1.82, 2.24) is 5.32 Å². The van der Waals surface area contributed by atoms with Gasteiger partial charge in [-0.3, -0.25) is 4.79 Å². The minimum absolute atomic E-state index is 0.0384. The number of unbranched alkanes of at least 4 members (excludes halogenated alkanes) is 1. The van der Waals surface area contributed by atoms with Crippen LogP contribution >= 0.6 is 0 Å². The third kappa shape index (κ3) is 4.91. The molecule has 0 spiro atoms. The lowest BCUT2D eigenvalue weighted by Crippen LogP contribution is -2.25. The summed E-state index contributed by atoms with van der Waals surface area (Å²) in [7, 11) is 0. The van der Waals surface area contributed by atoms with Crippen molar-refractivity contribution < 1.29 is 19.1 Å². The highest BCUT2D eigenvalue weighted by Gasteiger charge is 2.10. The topological polar surface area (TPSA) is 66.4 Å². The molecule has 1 aromatic rings. The first-order valence-corrected chi connectivity index (χ1v) is 6.03. The van der Waals surface area contributed by atoms with E-state index in [-0.39, 0.29) is 5.56 Å². The van der Waals surface area contributed by atoms with E-state index < -0.39 is 17.7 Å². The summed E-state index contributed by atoms with van der Waals surface area (Å²) in [6.45, 7) is 2.51. The zero-order valence-electron chi connectivity index (χ0n) is 10.6. The SMILES string of the molecule is CCCCNC(=O)c1ccc(/C=C/C(=O)O)cc1F. The summed E-state index contributed by atoms with van der Waals surface area (Å²) < 4.78 is 13.7. The van der Waals surface area contributed by atoms with Gasteiger partial charge in [0.1, 0.15) is 5.82 Å². The van der Waals surface area contributed by atoms with Gasteiger partial charge in [0.25, 0.3) is 5.91 Å². The van der Waals surface area contributed by atoms with Gasteiger partial charge in [-0.2, -0.15) is 0 Å². The fraction of sp³-hybridized carbons (Fsp3) is 0.286. The molecule has 19 heavy (non-hydrogen) atoms. The molecule has 102 valence electrons. The number of benzene rings is 1. The fourth-order valence-electron chi connectivity index (χ4n) is 1.46. The molecule has 0 saturated carbocycles. The second-order valence-electron chi connectivity index (χ2n) is 4.02. The van der Waals surface area contributed by atoms with Crippen LogP contribution in [0.3, 0.4) is 0 Å². The molecular weight excluding hydrogens is 249 g/mol. The normalized spacial score (nSPS) is 10.6. The van der Waals surface area contributed by atoms with E-state index in [0.717, 1.165) is 25.0 Å². The third-order valence-corrected chi connectivity index (χ3v) is 2.47. The molecule has 0 aliphatic carbocycles. The Balaban J connectivity index is 2.76. The Morgan fingerprint density at radius 2 is 2.16 bits per heavy atom. The molecule has 1 aromatic carbocycles. The van der Waals surface area contributed by atoms with E-state index in [1.54, 1.807) is 0 Å². The Bertz CT molecular complexity index is 497. The summed E-state index contributed by atoms with van der Waals surface area (Å²) in [5.41, 5.74) is 0.355. The van der Waals surface area contributed by atoms with Crippen molar-refractivity contribution in [2.75, 3.05) is 6.54 Å². The maximum atomic E-state index is 13.7. The van der Waals surface area contributed by atoms with E-state index in [4.69, 9.17) is 5.11 Å². The molecule has 0 aliphatic heterocycles. The Hall–Kier alpha value is -2.17. The van der Waals surface area contributed by atoms with Crippen molar-refractivity contribution in [3.05, 3.63) is 41.2 Å². The summed E-state index contributed by atoms with van der Waals surface area (Å²) >= 11 is 0. The van der Waals surface area contributed by atoms with Gasteiger partial charge in [0.15, 0.2) is 0 Å². The van der Waals surface area contributed by atoms with Crippen molar-refractivity contribution in [2.24, 2.45) is 0 Å². The minimum atomic E-state index is -1.11. The largest absolute Gasteiger partial charge is 0.478 e. The standard InChI is InChI=1S/C14H16FNO3/c1-2-3-8-16-14(19)11-6-4-10(9-12(11)15)5-7-13(17)18/h4-7,9H,2-3,8H2,1H3,(H,16,19)(H,17,18)/b7-5+. The highest BCUT2D eigenvalue weighted by atomic mass is 19.1. The van der Waals surface area contributed by atoms with Gasteiger partial charge >= 0.3 is 5.97 Å². The summed E-state index contributed by atoms with van der Waals surface area (Å²) in [5.74, 6) is -2.23. The number of carboxylic acids is 1. The molecule has 0 aliphatic rings. The molecule has 0 bridgehead atoms. The van der Waals surface area contributed by atoms with E-state index in [9.17, 15) is 14.0 Å². The maximum absolute atomic E-state index is 13.7. The van der Waals surface area contributed by atoms with Crippen LogP contribution in [-0.2, 0) is 4.79 Å². The van der Waals surface area contributed by atoms with Gasteiger partial charge in [-0.25, -0.2) is 9.18 Å². The van der Waals surface area contributed by atoms with E-state index in [1.807, 2.05) is 6.92 Å². The van der Waals surface area contributed by atoms with Crippen LogP contribution in [0.1, 0.15) is 35.7 Å². The lowest BCUT2D eigenvalue weighted by Gasteiger charge is -2.05. The number of carboxylic acid groups (broad SMARTS) is 1. The smallest absolute Gasteiger partial charge is 0.328 e. The molecule has 0 fully saturated rings. The van der Waals surface area contributed by atoms with Gasteiger partial charge in [0.2, 0.25) is 0 Å². The molecule has 0 radical (unpaired) electrons. The first kappa shape index (κ1) is 14.9. The monoisotopic (exact) mass is 265 g/mol. The van der Waals surface area contributed by atoms with E-state index >= 15 is 0 Å². The summed E-state index contributed by atoms with van der Waals surface area (Å²) in [5, 5.41) is 11.1. The summed E-state index contributed by atoms with van der Waals surface area (Å²) in [6, 6.07) is 3.98. The van der Waals surface area contributed by atoms with Crippen molar-refractivity contribution in [3.63, 3.8) is 0 Å². The summed E-state index contributed by atoms with van der Waals surface area (Å²) in [6.07, 6.45) is 3.97. The number of carbonyl (C=O) groups is 2. The Labute approximate surface area is 110 Å². The van der Waals surface area contributed by atoms with Gasteiger partial charge in [0.05, 0.1) is 5.56 Å². The Morgan fingerprint density at radius 1 is 1.42 bits per heavy atom. The first-order valence-electron chi connectivity index (χ1n) is 6.03. The van der Waals surface area contributed by atoms with Gasteiger partial charge in [0, 0.05) is 12.6 Å². The average molecular weight is 265 g/mol. The minimum Gasteiger partial charge on any atom is -0.478 e. The molecule has 2 N–H and O–H groups in total. The van der Waals surface area contributed by atoms with Crippen molar-refractivity contribution in [3.8, 4) is 0 Å². The van der Waals surface area contributed by atoms with Crippen LogP contribution in [0.15, 0.2) is 24.3 Å². The number of amides is 1. The second kappa shape index (κ2) is 7.31. The average Bonchev–Trinajstić information content (AvgIpc) is 2.36. The number of hydrogen-bond acceptors (Lipinski definition) is 2. The van der Waals surface area contributed by atoms with Crippen LogP contribution in [0.2, 0.25) is 0 Å². The number of carbonyl (C=O) groups excluding carboxylic acids is 1. The molecule has 0 aromatic heterocycles. The molecule has 0 heterocycles. The molecular formula is C14H16FNO3. The quantitative estimate of drug-likeness (QED) is 0.613. The lowest BCUT2D eigenvalue weighted by atomic mass is 10.1. The van der Waals surface area contributed by atoms with Gasteiger partial charge in [-0.1, -0.05) is 19.4 Å². The number of halogens is 1. The highest BCUT2D eigenvalue weighted by molar-refractivity contribution is 5.94. The molecule has 1 rings (SSSR count). The predicted molar refractivity (Wildman–Crippen MR) is 70.3 cm³/mol. The van der Waals surface area contributed by atoms with Crippen LogP contribution in [0, 0.1) is 5.82 Å². The Kier molecular flexibility index (Phi) is 5.73. The molecule has 1 amide bonds. The zero-order chi connectivity index (χ0) is 14.3. The molecule has 0 saturated heterocycles. The van der Waals surface area contributed by atoms with Crippen LogP contribution < -0.4 is 5.32 Å². The van der Waals surface area contributed by atoms with Crippen molar-refractivity contribution >= 4 is 18.0 Å². The number of aliphatic carboxylic acids is 1. The van der Waals surface area contributed by atoms with E-state index in [0.29, 0.717) is 12.1 Å². The summed E-state index contributed by atoms with van der Waals surface area (Å²) in [4.78, 5) is 22.0. The molecule has 0 atom stereocenters. The van der Waals surface area contributed by atoms with Crippen molar-refractivity contribution in [1.29, 1.82) is 0 Å². The number of rotatable bonds is 6. The van der Waals surface area contributed by atoms with Gasteiger partial charge in [-0.15, -0.1) is 0 Å². The van der Waals surface area contributed by atoms with Crippen LogP contribution in [0.25, 0.3) is 6.08 Å². The lowest BCUT2D eigenvalue weighted by molar-refractivity contribution is -0.131. The number of nitrogens with one attached hydrogen (secondary N) is 1. The number of hydrogen-bond donors (Lipinski definition) is 2. The highest BCUT2D eigenvalue weighted by Crippen LogP contribution is 2.12. The maximum Gasteiger partial charge on any atom is 0.328 e. The fourth-order valence-corrected chi connectivity index (χ4v) is 1.46. The van der Waals surface area contributed by atoms with Gasteiger partial charge < -0.3 is 10.4 Å². The predicted octanol–water partition coefficient (Wildman–Crippen LogP) is 2.45. The van der Waals surface area contributed by atoms with Crippen LogP contribution in [0.4, 0.5) is 4.39 Å². The molecule has 4 nitrogen and oxygen atoms in total. The van der Waals surface area contributed by atoms with E-state index in [1.165, 1.54) is 18.2 Å². The molecule has 0 unspecified atom stereocenters. The van der Waals surface area contributed by atoms with E-state index in [2.05, 4.69) is 5.32 Å². The third-order valence-electron chi connectivity index (χ3n) is 2.47. The molecule has 5 heteroatoms. The zero-order valence-corrected chi connectivity index (χ0v) is 10.6. The van der Waals surface area contributed by atoms with Crippen molar-refractivity contribution in [2.45, 2.75) is 19.8 Å². The second-order valence-corrected chi connectivity index (χ2v) is 4.02. The van der Waals surface area contributed by atoms with Crippen LogP contribution in [0.5, 0.6) is 0 Å².